The molecule has 0 radical (unpaired) electrons. The molecule has 0 amide bonds. The van der Waals surface area contributed by atoms with E-state index in [-0.39, 0.29) is 0 Å². The molecule has 114 valence electrons. The molecule has 0 bridgehead atoms. The Morgan fingerprint density at radius 2 is 1.80 bits per heavy atom. The summed E-state index contributed by atoms with van der Waals surface area (Å²) in [7, 11) is 6.01. The van der Waals surface area contributed by atoms with E-state index >= 15 is 0 Å². The molecule has 3 nitrogen and oxygen atoms in total. The monoisotopic (exact) mass is 278 g/mol. The molecular formula is C17H30N2O. The van der Waals surface area contributed by atoms with Crippen LogP contribution in [0.4, 0.5) is 0 Å². The van der Waals surface area contributed by atoms with Gasteiger partial charge in [0.05, 0.1) is 7.11 Å². The predicted octanol–water partition coefficient (Wildman–Crippen LogP) is 3.03. The quantitative estimate of drug-likeness (QED) is 0.690. The van der Waals surface area contributed by atoms with Crippen molar-refractivity contribution in [2.75, 3.05) is 40.8 Å². The highest BCUT2D eigenvalue weighted by molar-refractivity contribution is 5.37. The van der Waals surface area contributed by atoms with Gasteiger partial charge in [0.25, 0.3) is 0 Å². The first kappa shape index (κ1) is 17.0. The van der Waals surface area contributed by atoms with Gasteiger partial charge in [0.1, 0.15) is 5.75 Å². The maximum absolute atomic E-state index is 5.50. The number of ether oxygens (including phenoxy) is 1. The van der Waals surface area contributed by atoms with Crippen LogP contribution in [-0.2, 0) is 13.0 Å². The van der Waals surface area contributed by atoms with E-state index in [0.717, 1.165) is 38.3 Å². The van der Waals surface area contributed by atoms with Gasteiger partial charge >= 0.3 is 0 Å². The van der Waals surface area contributed by atoms with Gasteiger partial charge in [-0.25, -0.2) is 0 Å². The van der Waals surface area contributed by atoms with Crippen LogP contribution in [0, 0.1) is 0 Å². The van der Waals surface area contributed by atoms with Crippen LogP contribution in [0.15, 0.2) is 18.2 Å². The number of benzene rings is 1. The number of aryl methyl sites for hydroxylation is 1. The maximum atomic E-state index is 5.50. The minimum absolute atomic E-state index is 0.970. The normalized spacial score (nSPS) is 11.3. The Labute approximate surface area is 124 Å². The van der Waals surface area contributed by atoms with Crippen LogP contribution < -0.4 is 4.74 Å². The second-order valence-electron chi connectivity index (χ2n) is 5.51. The van der Waals surface area contributed by atoms with Crippen LogP contribution in [0.1, 0.15) is 31.4 Å². The summed E-state index contributed by atoms with van der Waals surface area (Å²) < 4.78 is 5.50. The molecule has 0 heterocycles. The fraction of sp³-hybridized carbons (Fsp3) is 0.647. The molecule has 0 fully saturated rings. The van der Waals surface area contributed by atoms with Crippen LogP contribution in [-0.4, -0.2) is 50.6 Å². The number of rotatable bonds is 9. The molecule has 0 atom stereocenters. The third kappa shape index (κ3) is 5.51. The predicted molar refractivity (Wildman–Crippen MR) is 86.5 cm³/mol. The van der Waals surface area contributed by atoms with E-state index in [0.29, 0.717) is 0 Å². The average molecular weight is 278 g/mol. The van der Waals surface area contributed by atoms with Crippen LogP contribution in [0.2, 0.25) is 0 Å². The van der Waals surface area contributed by atoms with Crippen LogP contribution in [0.5, 0.6) is 5.75 Å². The van der Waals surface area contributed by atoms with Gasteiger partial charge in [-0.1, -0.05) is 26.0 Å². The van der Waals surface area contributed by atoms with Gasteiger partial charge in [0.2, 0.25) is 0 Å². The Morgan fingerprint density at radius 3 is 2.35 bits per heavy atom. The Balaban J connectivity index is 2.74. The Morgan fingerprint density at radius 1 is 1.10 bits per heavy atom. The van der Waals surface area contributed by atoms with Gasteiger partial charge in [0, 0.05) is 12.1 Å². The molecule has 20 heavy (non-hydrogen) atoms. The van der Waals surface area contributed by atoms with Crippen molar-refractivity contribution < 1.29 is 4.74 Å². The molecule has 0 saturated carbocycles. The molecule has 0 aromatic heterocycles. The van der Waals surface area contributed by atoms with E-state index in [4.69, 9.17) is 4.74 Å². The summed E-state index contributed by atoms with van der Waals surface area (Å²) in [5.74, 6) is 1.01. The van der Waals surface area contributed by atoms with Gasteiger partial charge in [0.15, 0.2) is 0 Å². The molecule has 1 aromatic carbocycles. The smallest absolute Gasteiger partial charge is 0.123 e. The van der Waals surface area contributed by atoms with E-state index in [2.05, 4.69) is 55.9 Å². The highest BCUT2D eigenvalue weighted by atomic mass is 16.5. The maximum Gasteiger partial charge on any atom is 0.123 e. The minimum Gasteiger partial charge on any atom is -0.496 e. The van der Waals surface area contributed by atoms with E-state index in [1.54, 1.807) is 7.11 Å². The van der Waals surface area contributed by atoms with Crippen molar-refractivity contribution in [1.29, 1.82) is 0 Å². The Bertz CT molecular complexity index is 387. The summed E-state index contributed by atoms with van der Waals surface area (Å²) in [5, 5.41) is 0. The third-order valence-electron chi connectivity index (χ3n) is 3.70. The summed E-state index contributed by atoms with van der Waals surface area (Å²) in [4.78, 5) is 4.65. The van der Waals surface area contributed by atoms with Crippen LogP contribution in [0.3, 0.4) is 0 Å². The van der Waals surface area contributed by atoms with Gasteiger partial charge in [-0.05, 0) is 58.2 Å². The number of hydrogen-bond acceptors (Lipinski definition) is 3. The van der Waals surface area contributed by atoms with Crippen molar-refractivity contribution in [2.45, 2.75) is 33.2 Å². The van der Waals surface area contributed by atoms with E-state index in [1.165, 1.54) is 17.5 Å². The third-order valence-corrected chi connectivity index (χ3v) is 3.70. The summed E-state index contributed by atoms with van der Waals surface area (Å²) in [6, 6.07) is 6.62. The summed E-state index contributed by atoms with van der Waals surface area (Å²) in [6.07, 6.45) is 2.33. The second-order valence-corrected chi connectivity index (χ2v) is 5.51. The number of methoxy groups -OCH3 is 1. The fourth-order valence-electron chi connectivity index (χ4n) is 2.40. The average Bonchev–Trinajstić information content (AvgIpc) is 2.44. The van der Waals surface area contributed by atoms with Crippen LogP contribution in [0.25, 0.3) is 0 Å². The van der Waals surface area contributed by atoms with Gasteiger partial charge in [-0.15, -0.1) is 0 Å². The molecule has 1 aromatic rings. The minimum atomic E-state index is 0.970. The van der Waals surface area contributed by atoms with Crippen molar-refractivity contribution >= 4 is 0 Å². The SMILES string of the molecule is CCN(CC)Cc1cc(CCCN(C)C)ccc1OC. The Kier molecular flexibility index (Phi) is 7.63. The molecular weight excluding hydrogens is 248 g/mol. The van der Waals surface area contributed by atoms with E-state index < -0.39 is 0 Å². The zero-order valence-corrected chi connectivity index (χ0v) is 13.8. The summed E-state index contributed by atoms with van der Waals surface area (Å²) in [5.41, 5.74) is 2.72. The van der Waals surface area contributed by atoms with Gasteiger partial charge < -0.3 is 9.64 Å². The first-order chi connectivity index (χ1) is 9.60. The molecule has 0 N–H and O–H groups in total. The lowest BCUT2D eigenvalue weighted by Gasteiger charge is -2.20. The van der Waals surface area contributed by atoms with Gasteiger partial charge in [-0.2, -0.15) is 0 Å². The fourth-order valence-corrected chi connectivity index (χ4v) is 2.40. The zero-order valence-electron chi connectivity index (χ0n) is 13.8. The summed E-state index contributed by atoms with van der Waals surface area (Å²) >= 11 is 0. The molecule has 0 aliphatic heterocycles. The van der Waals surface area contributed by atoms with Crippen molar-refractivity contribution in [2.24, 2.45) is 0 Å². The first-order valence-corrected chi connectivity index (χ1v) is 7.63. The van der Waals surface area contributed by atoms with Crippen molar-refractivity contribution in [3.05, 3.63) is 29.3 Å². The second kappa shape index (κ2) is 8.98. The standard InChI is InChI=1S/C17H30N2O/c1-6-19(7-2)14-16-13-15(9-8-12-18(3)4)10-11-17(16)20-5/h10-11,13H,6-9,12,14H2,1-5H3. The molecule has 0 aliphatic rings. The topological polar surface area (TPSA) is 15.7 Å². The molecule has 1 rings (SSSR count). The van der Waals surface area contributed by atoms with Gasteiger partial charge in [-0.3, -0.25) is 4.90 Å². The molecule has 0 saturated heterocycles. The highest BCUT2D eigenvalue weighted by Gasteiger charge is 2.08. The van der Waals surface area contributed by atoms with Crippen molar-refractivity contribution in [1.82, 2.24) is 9.80 Å². The Hall–Kier alpha value is -1.06. The molecule has 0 aliphatic carbocycles. The number of nitrogens with zero attached hydrogens (tertiary/aromatic N) is 2. The molecule has 3 heteroatoms. The molecule has 0 spiro atoms. The number of hydrogen-bond donors (Lipinski definition) is 0. The molecule has 0 unspecified atom stereocenters. The largest absolute Gasteiger partial charge is 0.496 e. The van der Waals surface area contributed by atoms with Crippen LogP contribution >= 0.6 is 0 Å². The lowest BCUT2D eigenvalue weighted by atomic mass is 10.0. The first-order valence-electron chi connectivity index (χ1n) is 7.63. The van der Waals surface area contributed by atoms with E-state index in [1.807, 2.05) is 0 Å². The summed E-state index contributed by atoms with van der Waals surface area (Å²) in [6.45, 7) is 8.66. The highest BCUT2D eigenvalue weighted by Crippen LogP contribution is 2.22. The van der Waals surface area contributed by atoms with Crippen molar-refractivity contribution in [3.8, 4) is 5.75 Å². The lowest BCUT2D eigenvalue weighted by molar-refractivity contribution is 0.289. The van der Waals surface area contributed by atoms with Crippen molar-refractivity contribution in [3.63, 3.8) is 0 Å². The zero-order chi connectivity index (χ0) is 15.0. The van der Waals surface area contributed by atoms with E-state index in [9.17, 15) is 0 Å². The lowest BCUT2D eigenvalue weighted by Crippen LogP contribution is -2.22.